The number of ether oxygens (including phenoxy) is 4. The zero-order chi connectivity index (χ0) is 27.5. The number of hydrogen-bond acceptors (Lipinski definition) is 6. The van der Waals surface area contributed by atoms with Gasteiger partial charge < -0.3 is 24.1 Å². The molecule has 0 aromatic heterocycles. The van der Waals surface area contributed by atoms with E-state index in [1.807, 2.05) is 82.3 Å². The summed E-state index contributed by atoms with van der Waals surface area (Å²) in [5, 5.41) is 11.5. The van der Waals surface area contributed by atoms with E-state index in [9.17, 15) is 9.90 Å². The summed E-state index contributed by atoms with van der Waals surface area (Å²) in [4.78, 5) is 13.3. The number of benzene rings is 2. The fourth-order valence-corrected chi connectivity index (χ4v) is 4.91. The largest absolute Gasteiger partial charge is 0.462 e. The average molecular weight is 527 g/mol. The molecule has 2 aromatic rings. The van der Waals surface area contributed by atoms with Crippen molar-refractivity contribution in [2.75, 3.05) is 6.61 Å². The van der Waals surface area contributed by atoms with Crippen molar-refractivity contribution in [2.45, 2.75) is 104 Å². The third-order valence-corrected chi connectivity index (χ3v) is 6.99. The minimum absolute atomic E-state index is 0.181. The fourth-order valence-electron chi connectivity index (χ4n) is 4.91. The van der Waals surface area contributed by atoms with Gasteiger partial charge in [0.25, 0.3) is 0 Å². The highest BCUT2D eigenvalue weighted by molar-refractivity contribution is 5.74. The van der Waals surface area contributed by atoms with Gasteiger partial charge in [-0.2, -0.15) is 0 Å². The Bertz CT molecular complexity index is 946. The highest BCUT2D eigenvalue weighted by atomic mass is 16.7. The molecule has 0 radical (unpaired) electrons. The van der Waals surface area contributed by atoms with Crippen molar-refractivity contribution in [3.8, 4) is 11.5 Å². The number of carbonyl (C=O) groups is 1. The Kier molecular flexibility index (Phi) is 11.6. The maximum Gasteiger partial charge on any atom is 0.312 e. The van der Waals surface area contributed by atoms with Crippen LogP contribution < -0.4 is 4.74 Å². The van der Waals surface area contributed by atoms with Crippen molar-refractivity contribution in [1.29, 1.82) is 0 Å². The predicted octanol–water partition coefficient (Wildman–Crippen LogP) is 7.60. The molecule has 210 valence electrons. The number of para-hydroxylation sites is 1. The molecule has 1 heterocycles. The zero-order valence-corrected chi connectivity index (χ0v) is 23.7. The van der Waals surface area contributed by atoms with E-state index in [1.165, 1.54) is 0 Å². The molecule has 0 amide bonds. The van der Waals surface area contributed by atoms with E-state index in [2.05, 4.69) is 6.92 Å². The van der Waals surface area contributed by atoms with Crippen LogP contribution in [0.25, 0.3) is 0 Å². The predicted molar refractivity (Wildman–Crippen MR) is 149 cm³/mol. The lowest BCUT2D eigenvalue weighted by Gasteiger charge is -2.36. The van der Waals surface area contributed by atoms with Crippen LogP contribution in [0.5, 0.6) is 11.5 Å². The summed E-state index contributed by atoms with van der Waals surface area (Å²) in [7, 11) is 0. The molecule has 5 atom stereocenters. The normalized spacial score (nSPS) is 19.3. The van der Waals surface area contributed by atoms with Crippen molar-refractivity contribution in [2.24, 2.45) is 11.3 Å². The Labute approximate surface area is 228 Å². The van der Waals surface area contributed by atoms with Crippen molar-refractivity contribution < 1.29 is 28.8 Å². The van der Waals surface area contributed by atoms with Crippen molar-refractivity contribution in [3.63, 3.8) is 0 Å². The molecular formula is C32H46O6. The minimum atomic E-state index is -0.949. The Hall–Kier alpha value is -2.41. The van der Waals surface area contributed by atoms with Crippen LogP contribution in [0.15, 0.2) is 54.6 Å². The summed E-state index contributed by atoms with van der Waals surface area (Å²) >= 11 is 0. The Morgan fingerprint density at radius 2 is 1.74 bits per heavy atom. The van der Waals surface area contributed by atoms with Gasteiger partial charge in [-0.1, -0.05) is 70.9 Å². The average Bonchev–Trinajstić information content (AvgIpc) is 2.88. The first kappa shape index (κ1) is 30.1. The maximum atomic E-state index is 13.3. The molecule has 1 aliphatic heterocycles. The molecule has 2 aromatic carbocycles. The Balaban J connectivity index is 1.77. The molecule has 38 heavy (non-hydrogen) atoms. The van der Waals surface area contributed by atoms with Crippen molar-refractivity contribution in [1.82, 2.24) is 0 Å². The molecule has 1 aliphatic rings. The van der Waals surface area contributed by atoms with Gasteiger partial charge >= 0.3 is 5.97 Å². The van der Waals surface area contributed by atoms with Gasteiger partial charge in [0.2, 0.25) is 0 Å². The number of hydrogen-bond donors (Lipinski definition) is 1. The van der Waals surface area contributed by atoms with Crippen LogP contribution in [-0.4, -0.2) is 36.2 Å². The van der Waals surface area contributed by atoms with Crippen LogP contribution in [0.3, 0.4) is 0 Å². The third kappa shape index (κ3) is 9.40. The van der Waals surface area contributed by atoms with Crippen LogP contribution in [0.4, 0.5) is 0 Å². The number of esters is 1. The summed E-state index contributed by atoms with van der Waals surface area (Å²) in [5.74, 6) is 0.433. The van der Waals surface area contributed by atoms with Gasteiger partial charge in [-0.05, 0) is 67.9 Å². The summed E-state index contributed by atoms with van der Waals surface area (Å²) in [6.07, 6.45) is 4.06. The standard InChI is InChI=1S/C32H46O6/c1-6-7-13-23(2)36-31(34)30(32(3,4)5)27(33)22-28(38-29-16-11-12-21-35-29)24-17-19-26(20-18-24)37-25-14-9-8-10-15-25/h8-10,14-15,17-20,23,27-30,33H,6-7,11-13,16,21-22H2,1-5H3/t23?,27-,28+,29-,30?/m0/s1. The van der Waals surface area contributed by atoms with Crippen LogP contribution in [-0.2, 0) is 19.0 Å². The molecule has 0 bridgehead atoms. The highest BCUT2D eigenvalue weighted by Crippen LogP contribution is 2.37. The minimum Gasteiger partial charge on any atom is -0.462 e. The second-order valence-electron chi connectivity index (χ2n) is 11.4. The number of unbranched alkanes of at least 4 members (excludes halogenated alkanes) is 1. The molecule has 6 nitrogen and oxygen atoms in total. The molecule has 1 saturated heterocycles. The van der Waals surface area contributed by atoms with Gasteiger partial charge in [-0.3, -0.25) is 4.79 Å². The van der Waals surface area contributed by atoms with Crippen molar-refractivity contribution >= 4 is 5.97 Å². The molecule has 0 saturated carbocycles. The van der Waals surface area contributed by atoms with E-state index in [4.69, 9.17) is 18.9 Å². The molecule has 3 rings (SSSR count). The van der Waals surface area contributed by atoms with Crippen LogP contribution in [0.2, 0.25) is 0 Å². The van der Waals surface area contributed by atoms with E-state index in [0.29, 0.717) is 12.4 Å². The van der Waals surface area contributed by atoms with Gasteiger partial charge in [0.15, 0.2) is 6.29 Å². The summed E-state index contributed by atoms with van der Waals surface area (Å²) in [6, 6.07) is 17.3. The van der Waals surface area contributed by atoms with Gasteiger partial charge in [0, 0.05) is 13.0 Å². The summed E-state index contributed by atoms with van der Waals surface area (Å²) < 4.78 is 24.0. The van der Waals surface area contributed by atoms with E-state index in [0.717, 1.165) is 49.8 Å². The van der Waals surface area contributed by atoms with E-state index < -0.39 is 23.5 Å². The topological polar surface area (TPSA) is 74.2 Å². The van der Waals surface area contributed by atoms with Gasteiger partial charge in [-0.25, -0.2) is 0 Å². The first-order valence-corrected chi connectivity index (χ1v) is 14.2. The second kappa shape index (κ2) is 14.7. The monoisotopic (exact) mass is 526 g/mol. The number of rotatable bonds is 13. The van der Waals surface area contributed by atoms with Crippen LogP contribution in [0.1, 0.15) is 91.2 Å². The fraction of sp³-hybridized carbons (Fsp3) is 0.594. The quantitative estimate of drug-likeness (QED) is 0.271. The maximum absolute atomic E-state index is 13.3. The number of aliphatic hydroxyl groups is 1. The smallest absolute Gasteiger partial charge is 0.312 e. The van der Waals surface area contributed by atoms with Crippen molar-refractivity contribution in [3.05, 3.63) is 60.2 Å². The van der Waals surface area contributed by atoms with Crippen LogP contribution in [0, 0.1) is 11.3 Å². The van der Waals surface area contributed by atoms with Gasteiger partial charge in [0.05, 0.1) is 24.2 Å². The van der Waals surface area contributed by atoms with E-state index in [1.54, 1.807) is 0 Å². The lowest BCUT2D eigenvalue weighted by Crippen LogP contribution is -2.42. The number of aliphatic hydroxyl groups excluding tert-OH is 1. The van der Waals surface area contributed by atoms with Crippen LogP contribution >= 0.6 is 0 Å². The first-order valence-electron chi connectivity index (χ1n) is 14.2. The Morgan fingerprint density at radius 3 is 2.34 bits per heavy atom. The molecule has 0 aliphatic carbocycles. The molecule has 1 fully saturated rings. The lowest BCUT2D eigenvalue weighted by atomic mass is 9.75. The molecule has 1 N–H and O–H groups in total. The summed E-state index contributed by atoms with van der Waals surface area (Å²) in [5.41, 5.74) is 0.413. The van der Waals surface area contributed by atoms with Gasteiger partial charge in [-0.15, -0.1) is 0 Å². The number of carbonyl (C=O) groups excluding carboxylic acids is 1. The molecular weight excluding hydrogens is 480 g/mol. The Morgan fingerprint density at radius 1 is 1.05 bits per heavy atom. The van der Waals surface area contributed by atoms with Gasteiger partial charge in [0.1, 0.15) is 11.5 Å². The zero-order valence-electron chi connectivity index (χ0n) is 23.7. The molecule has 0 spiro atoms. The molecule has 6 heteroatoms. The van der Waals surface area contributed by atoms with E-state index >= 15 is 0 Å². The highest BCUT2D eigenvalue weighted by Gasteiger charge is 2.40. The first-order chi connectivity index (χ1) is 18.2. The summed E-state index contributed by atoms with van der Waals surface area (Å²) in [6.45, 7) is 10.6. The third-order valence-electron chi connectivity index (χ3n) is 6.99. The lowest BCUT2D eigenvalue weighted by molar-refractivity contribution is -0.198. The van der Waals surface area contributed by atoms with E-state index in [-0.39, 0.29) is 24.8 Å². The second-order valence-corrected chi connectivity index (χ2v) is 11.4. The SMILES string of the molecule is CCCCC(C)OC(=O)C([C@@H](O)C[C@@H](O[C@H]1CCCCO1)c1ccc(Oc2ccccc2)cc1)C(C)(C)C. The molecule has 2 unspecified atom stereocenters.